The molecule has 0 fully saturated rings. The standard InChI is InChI=1S/C17H26N2O3S/c1-4-11(3)16(17(21)22)18-10-15(20)19-8-6-14-12(7-9-23-14)13(19)5-2/h7,9,11,13,16,18H,4-6,8,10H2,1-3H3,(H,21,22)/t11-,13?,16-/m0/s1. The van der Waals surface area contributed by atoms with Crippen molar-refractivity contribution in [3.8, 4) is 0 Å². The second-order valence-electron chi connectivity index (χ2n) is 6.14. The van der Waals surface area contributed by atoms with E-state index in [2.05, 4.69) is 23.7 Å². The molecule has 23 heavy (non-hydrogen) atoms. The summed E-state index contributed by atoms with van der Waals surface area (Å²) in [6.45, 7) is 6.73. The van der Waals surface area contributed by atoms with Gasteiger partial charge in [0.05, 0.1) is 12.6 Å². The van der Waals surface area contributed by atoms with Crippen LogP contribution < -0.4 is 5.32 Å². The van der Waals surface area contributed by atoms with Crippen LogP contribution in [0.4, 0.5) is 0 Å². The Labute approximate surface area is 141 Å². The van der Waals surface area contributed by atoms with E-state index in [4.69, 9.17) is 0 Å². The fraction of sp³-hybridized carbons (Fsp3) is 0.647. The van der Waals surface area contributed by atoms with E-state index in [-0.39, 0.29) is 24.4 Å². The smallest absolute Gasteiger partial charge is 0.320 e. The molecule has 128 valence electrons. The van der Waals surface area contributed by atoms with Crippen LogP contribution in [-0.2, 0) is 16.0 Å². The van der Waals surface area contributed by atoms with Gasteiger partial charge in [-0.15, -0.1) is 11.3 Å². The van der Waals surface area contributed by atoms with Gasteiger partial charge in [-0.05, 0) is 35.8 Å². The van der Waals surface area contributed by atoms with Gasteiger partial charge in [-0.25, -0.2) is 0 Å². The topological polar surface area (TPSA) is 69.6 Å². The third-order valence-corrected chi connectivity index (χ3v) is 5.75. The van der Waals surface area contributed by atoms with E-state index in [1.165, 1.54) is 10.4 Å². The summed E-state index contributed by atoms with van der Waals surface area (Å²) < 4.78 is 0. The lowest BCUT2D eigenvalue weighted by atomic mass is 9.97. The number of carboxylic acids is 1. The van der Waals surface area contributed by atoms with Gasteiger partial charge < -0.3 is 10.0 Å². The van der Waals surface area contributed by atoms with Crippen LogP contribution in [0.5, 0.6) is 0 Å². The Morgan fingerprint density at radius 1 is 1.48 bits per heavy atom. The van der Waals surface area contributed by atoms with Crippen LogP contribution in [0.2, 0.25) is 0 Å². The summed E-state index contributed by atoms with van der Waals surface area (Å²) in [4.78, 5) is 27.2. The molecule has 1 aliphatic rings. The molecular weight excluding hydrogens is 312 g/mol. The van der Waals surface area contributed by atoms with Crippen LogP contribution in [0.25, 0.3) is 0 Å². The minimum Gasteiger partial charge on any atom is -0.480 e. The summed E-state index contributed by atoms with van der Waals surface area (Å²) in [7, 11) is 0. The lowest BCUT2D eigenvalue weighted by Crippen LogP contribution is -2.49. The van der Waals surface area contributed by atoms with Crippen molar-refractivity contribution in [3.63, 3.8) is 0 Å². The Bertz CT molecular complexity index is 558. The summed E-state index contributed by atoms with van der Waals surface area (Å²) in [5, 5.41) is 14.3. The highest BCUT2D eigenvalue weighted by atomic mass is 32.1. The predicted molar refractivity (Wildman–Crippen MR) is 91.6 cm³/mol. The van der Waals surface area contributed by atoms with E-state index in [0.717, 1.165) is 19.3 Å². The number of nitrogens with zero attached hydrogens (tertiary/aromatic N) is 1. The normalized spacial score (nSPS) is 20.0. The van der Waals surface area contributed by atoms with Gasteiger partial charge in [-0.1, -0.05) is 27.2 Å². The van der Waals surface area contributed by atoms with E-state index in [1.807, 2.05) is 18.7 Å². The SMILES string of the molecule is CCC1c2ccsc2CCN1C(=O)CN[C@H](C(=O)O)[C@@H](C)CC. The molecule has 0 saturated carbocycles. The first-order valence-corrected chi connectivity index (χ1v) is 9.19. The zero-order valence-corrected chi connectivity index (χ0v) is 14.9. The molecular formula is C17H26N2O3S. The molecule has 2 heterocycles. The fourth-order valence-electron chi connectivity index (χ4n) is 3.20. The van der Waals surface area contributed by atoms with Crippen molar-refractivity contribution in [3.05, 3.63) is 21.9 Å². The summed E-state index contributed by atoms with van der Waals surface area (Å²) in [6.07, 6.45) is 2.53. The van der Waals surface area contributed by atoms with Crippen LogP contribution in [0.1, 0.15) is 50.1 Å². The van der Waals surface area contributed by atoms with E-state index in [1.54, 1.807) is 11.3 Å². The van der Waals surface area contributed by atoms with E-state index < -0.39 is 12.0 Å². The number of aliphatic carboxylic acids is 1. The molecule has 3 atom stereocenters. The summed E-state index contributed by atoms with van der Waals surface area (Å²) >= 11 is 1.76. The number of carbonyl (C=O) groups excluding carboxylic acids is 1. The van der Waals surface area contributed by atoms with Crippen LogP contribution in [0, 0.1) is 5.92 Å². The molecule has 6 heteroatoms. The molecule has 2 rings (SSSR count). The maximum Gasteiger partial charge on any atom is 0.320 e. The number of rotatable bonds is 7. The number of nitrogens with one attached hydrogen (secondary N) is 1. The molecule has 1 aromatic heterocycles. The highest BCUT2D eigenvalue weighted by molar-refractivity contribution is 7.10. The maximum absolute atomic E-state index is 12.6. The van der Waals surface area contributed by atoms with Gasteiger partial charge in [-0.2, -0.15) is 0 Å². The van der Waals surface area contributed by atoms with Crippen molar-refractivity contribution < 1.29 is 14.7 Å². The van der Waals surface area contributed by atoms with Gasteiger partial charge in [0.2, 0.25) is 5.91 Å². The Morgan fingerprint density at radius 3 is 2.83 bits per heavy atom. The third kappa shape index (κ3) is 3.93. The molecule has 0 spiro atoms. The predicted octanol–water partition coefficient (Wildman–Crippen LogP) is 2.67. The summed E-state index contributed by atoms with van der Waals surface area (Å²) in [6, 6.07) is 1.55. The van der Waals surface area contributed by atoms with Crippen molar-refractivity contribution in [2.75, 3.05) is 13.1 Å². The summed E-state index contributed by atoms with van der Waals surface area (Å²) in [5.41, 5.74) is 1.26. The van der Waals surface area contributed by atoms with Crippen molar-refractivity contribution in [2.24, 2.45) is 5.92 Å². The Morgan fingerprint density at radius 2 is 2.22 bits per heavy atom. The lowest BCUT2D eigenvalue weighted by Gasteiger charge is -2.36. The minimum absolute atomic E-state index is 0.00731. The molecule has 0 aliphatic carbocycles. The van der Waals surface area contributed by atoms with E-state index in [9.17, 15) is 14.7 Å². The molecule has 1 aliphatic heterocycles. The Balaban J connectivity index is 2.02. The van der Waals surface area contributed by atoms with Crippen LogP contribution >= 0.6 is 11.3 Å². The zero-order chi connectivity index (χ0) is 17.0. The van der Waals surface area contributed by atoms with Gasteiger partial charge in [0, 0.05) is 11.4 Å². The van der Waals surface area contributed by atoms with Crippen molar-refractivity contribution in [1.29, 1.82) is 0 Å². The molecule has 1 aromatic rings. The molecule has 0 bridgehead atoms. The number of hydrogen-bond acceptors (Lipinski definition) is 4. The molecule has 1 unspecified atom stereocenters. The third-order valence-electron chi connectivity index (χ3n) is 4.75. The van der Waals surface area contributed by atoms with Crippen molar-refractivity contribution >= 4 is 23.2 Å². The van der Waals surface area contributed by atoms with Gasteiger partial charge in [0.1, 0.15) is 6.04 Å². The number of fused-ring (bicyclic) bond motifs is 1. The molecule has 0 radical (unpaired) electrons. The molecule has 2 N–H and O–H groups in total. The first kappa shape index (κ1) is 17.9. The van der Waals surface area contributed by atoms with E-state index >= 15 is 0 Å². The second kappa shape index (κ2) is 7.93. The van der Waals surface area contributed by atoms with E-state index in [0.29, 0.717) is 6.54 Å². The Kier molecular flexibility index (Phi) is 6.18. The molecule has 5 nitrogen and oxygen atoms in total. The number of thiophene rings is 1. The number of hydrogen-bond donors (Lipinski definition) is 2. The van der Waals surface area contributed by atoms with Gasteiger partial charge in [0.15, 0.2) is 0 Å². The van der Waals surface area contributed by atoms with Crippen molar-refractivity contribution in [2.45, 2.75) is 52.1 Å². The number of carbonyl (C=O) groups is 2. The van der Waals surface area contributed by atoms with Crippen LogP contribution in [0.15, 0.2) is 11.4 Å². The zero-order valence-electron chi connectivity index (χ0n) is 14.0. The largest absolute Gasteiger partial charge is 0.480 e. The van der Waals surface area contributed by atoms with Crippen LogP contribution in [0.3, 0.4) is 0 Å². The molecule has 0 saturated heterocycles. The van der Waals surface area contributed by atoms with Gasteiger partial charge in [-0.3, -0.25) is 14.9 Å². The molecule has 0 aromatic carbocycles. The Hall–Kier alpha value is -1.40. The van der Waals surface area contributed by atoms with Gasteiger partial charge in [0.25, 0.3) is 0 Å². The highest BCUT2D eigenvalue weighted by Crippen LogP contribution is 2.35. The van der Waals surface area contributed by atoms with Crippen LogP contribution in [-0.4, -0.2) is 41.0 Å². The monoisotopic (exact) mass is 338 g/mol. The minimum atomic E-state index is -0.891. The number of carboxylic acid groups (broad SMARTS) is 1. The quantitative estimate of drug-likeness (QED) is 0.802. The highest BCUT2D eigenvalue weighted by Gasteiger charge is 2.31. The van der Waals surface area contributed by atoms with Gasteiger partial charge >= 0.3 is 5.97 Å². The first-order valence-electron chi connectivity index (χ1n) is 8.31. The average Bonchev–Trinajstić information content (AvgIpc) is 3.01. The maximum atomic E-state index is 12.6. The number of amides is 1. The average molecular weight is 338 g/mol. The lowest BCUT2D eigenvalue weighted by molar-refractivity contribution is -0.141. The fourth-order valence-corrected chi connectivity index (χ4v) is 4.13. The summed E-state index contributed by atoms with van der Waals surface area (Å²) in [5.74, 6) is -0.909. The first-order chi connectivity index (χ1) is 11.0. The molecule has 1 amide bonds. The van der Waals surface area contributed by atoms with Crippen molar-refractivity contribution in [1.82, 2.24) is 10.2 Å². The second-order valence-corrected chi connectivity index (χ2v) is 7.14.